The van der Waals surface area contributed by atoms with Gasteiger partial charge in [0.15, 0.2) is 0 Å². The first-order valence-electron chi connectivity index (χ1n) is 8.23. The molecule has 0 saturated heterocycles. The topological polar surface area (TPSA) is 9.23 Å². The number of hydrogen-bond donors (Lipinski definition) is 0. The lowest BCUT2D eigenvalue weighted by Gasteiger charge is -2.28. The van der Waals surface area contributed by atoms with E-state index < -0.39 is 0 Å². The Morgan fingerprint density at radius 1 is 0.667 bits per heavy atom. The summed E-state index contributed by atoms with van der Waals surface area (Å²) < 4.78 is 5.73. The predicted molar refractivity (Wildman–Crippen MR) is 82.2 cm³/mol. The van der Waals surface area contributed by atoms with Crippen molar-refractivity contribution in [2.24, 2.45) is 0 Å². The average molecular weight is 256 g/mol. The first-order valence-corrected chi connectivity index (χ1v) is 8.23. The Labute approximate surface area is 116 Å². The summed E-state index contributed by atoms with van der Waals surface area (Å²) in [5.41, 5.74) is 0.137. The lowest BCUT2D eigenvalue weighted by Crippen LogP contribution is -2.27. The van der Waals surface area contributed by atoms with E-state index in [1.54, 1.807) is 0 Å². The van der Waals surface area contributed by atoms with Gasteiger partial charge in [-0.3, -0.25) is 0 Å². The minimum Gasteiger partial charge on any atom is -0.379 e. The Bertz CT molecular complexity index is 167. The van der Waals surface area contributed by atoms with Gasteiger partial charge >= 0.3 is 0 Å². The fourth-order valence-electron chi connectivity index (χ4n) is 2.53. The molecule has 1 nitrogen and oxygen atoms in total. The quantitative estimate of drug-likeness (QED) is 0.361. The zero-order chi connectivity index (χ0) is 13.7. The van der Waals surface area contributed by atoms with Crippen LogP contribution in [0.25, 0.3) is 0 Å². The van der Waals surface area contributed by atoms with Crippen molar-refractivity contribution in [3.05, 3.63) is 0 Å². The number of hydrogen-bond acceptors (Lipinski definition) is 1. The van der Waals surface area contributed by atoms with E-state index in [1.165, 1.54) is 77.0 Å². The molecule has 0 spiro atoms. The normalized spacial score (nSPS) is 14.7. The minimum absolute atomic E-state index is 0.137. The first kappa shape index (κ1) is 18.0. The molecule has 18 heavy (non-hydrogen) atoms. The Morgan fingerprint density at radius 2 is 1.06 bits per heavy atom. The summed E-state index contributed by atoms with van der Waals surface area (Å²) in [6.07, 6.45) is 16.2. The summed E-state index contributed by atoms with van der Waals surface area (Å²) >= 11 is 0. The maximum atomic E-state index is 5.73. The standard InChI is InChI=1S/C17H36O/c1-5-7-9-10-11-12-14-16-17(3,18-4)15-13-8-6-2/h5-16H2,1-4H3. The molecule has 0 saturated carbocycles. The molecule has 0 aliphatic carbocycles. The van der Waals surface area contributed by atoms with Crippen LogP contribution in [-0.4, -0.2) is 12.7 Å². The summed E-state index contributed by atoms with van der Waals surface area (Å²) in [5.74, 6) is 0. The minimum atomic E-state index is 0.137. The van der Waals surface area contributed by atoms with Gasteiger partial charge in [-0.2, -0.15) is 0 Å². The van der Waals surface area contributed by atoms with Gasteiger partial charge < -0.3 is 4.74 Å². The third-order valence-corrected chi connectivity index (χ3v) is 4.11. The van der Waals surface area contributed by atoms with Gasteiger partial charge in [-0.05, 0) is 19.8 Å². The molecule has 1 atom stereocenters. The van der Waals surface area contributed by atoms with Crippen molar-refractivity contribution >= 4 is 0 Å². The highest BCUT2D eigenvalue weighted by molar-refractivity contribution is 4.74. The molecule has 1 heteroatoms. The molecule has 0 aliphatic heterocycles. The number of ether oxygens (including phenoxy) is 1. The van der Waals surface area contributed by atoms with Gasteiger partial charge in [0.2, 0.25) is 0 Å². The predicted octanol–water partition coefficient (Wildman–Crippen LogP) is 6.11. The summed E-state index contributed by atoms with van der Waals surface area (Å²) in [6.45, 7) is 6.83. The van der Waals surface area contributed by atoms with Crippen LogP contribution >= 0.6 is 0 Å². The van der Waals surface area contributed by atoms with E-state index in [1.807, 2.05) is 7.11 Å². The van der Waals surface area contributed by atoms with Crippen molar-refractivity contribution in [2.75, 3.05) is 7.11 Å². The van der Waals surface area contributed by atoms with Crippen LogP contribution in [0, 0.1) is 0 Å². The second kappa shape index (κ2) is 12.0. The second-order valence-electron chi connectivity index (χ2n) is 5.98. The maximum absolute atomic E-state index is 5.73. The molecule has 0 aromatic rings. The van der Waals surface area contributed by atoms with Gasteiger partial charge in [0, 0.05) is 7.11 Å². The van der Waals surface area contributed by atoms with Crippen molar-refractivity contribution in [2.45, 2.75) is 103 Å². The Morgan fingerprint density at radius 3 is 1.56 bits per heavy atom. The van der Waals surface area contributed by atoms with Crippen LogP contribution in [0.5, 0.6) is 0 Å². The summed E-state index contributed by atoms with van der Waals surface area (Å²) in [5, 5.41) is 0. The molecule has 0 N–H and O–H groups in total. The molecule has 0 rings (SSSR count). The van der Waals surface area contributed by atoms with E-state index in [0.29, 0.717) is 0 Å². The van der Waals surface area contributed by atoms with Crippen molar-refractivity contribution in [3.8, 4) is 0 Å². The third-order valence-electron chi connectivity index (χ3n) is 4.11. The van der Waals surface area contributed by atoms with Crippen molar-refractivity contribution < 1.29 is 4.74 Å². The molecule has 0 fully saturated rings. The van der Waals surface area contributed by atoms with Crippen molar-refractivity contribution in [1.29, 1.82) is 0 Å². The fraction of sp³-hybridized carbons (Fsp3) is 1.00. The molecule has 110 valence electrons. The van der Waals surface area contributed by atoms with Crippen molar-refractivity contribution in [3.63, 3.8) is 0 Å². The zero-order valence-electron chi connectivity index (χ0n) is 13.4. The van der Waals surface area contributed by atoms with E-state index in [-0.39, 0.29) is 5.60 Å². The zero-order valence-corrected chi connectivity index (χ0v) is 13.4. The van der Waals surface area contributed by atoms with E-state index >= 15 is 0 Å². The Balaban J connectivity index is 3.53. The average Bonchev–Trinajstić information content (AvgIpc) is 2.38. The molecule has 0 radical (unpaired) electrons. The van der Waals surface area contributed by atoms with Crippen LogP contribution in [0.4, 0.5) is 0 Å². The molecule has 0 amide bonds. The van der Waals surface area contributed by atoms with Crippen LogP contribution in [0.15, 0.2) is 0 Å². The highest BCUT2D eigenvalue weighted by Crippen LogP contribution is 2.25. The third kappa shape index (κ3) is 9.94. The first-order chi connectivity index (χ1) is 8.68. The van der Waals surface area contributed by atoms with Gasteiger partial charge in [0.1, 0.15) is 0 Å². The number of methoxy groups -OCH3 is 1. The number of unbranched alkanes of at least 4 members (excludes halogenated alkanes) is 8. The molecule has 0 aromatic heterocycles. The monoisotopic (exact) mass is 256 g/mol. The Hall–Kier alpha value is -0.0400. The second-order valence-corrected chi connectivity index (χ2v) is 5.98. The van der Waals surface area contributed by atoms with Crippen LogP contribution in [-0.2, 0) is 4.74 Å². The summed E-state index contributed by atoms with van der Waals surface area (Å²) in [7, 11) is 1.88. The van der Waals surface area contributed by atoms with Crippen molar-refractivity contribution in [1.82, 2.24) is 0 Å². The lowest BCUT2D eigenvalue weighted by molar-refractivity contribution is -0.0120. The maximum Gasteiger partial charge on any atom is 0.0650 e. The van der Waals surface area contributed by atoms with Crippen LogP contribution in [0.2, 0.25) is 0 Å². The van der Waals surface area contributed by atoms with Crippen LogP contribution in [0.3, 0.4) is 0 Å². The van der Waals surface area contributed by atoms with Crippen LogP contribution < -0.4 is 0 Å². The molecule has 0 bridgehead atoms. The van der Waals surface area contributed by atoms with Gasteiger partial charge in [-0.25, -0.2) is 0 Å². The molecule has 0 heterocycles. The Kier molecular flexibility index (Phi) is 12.0. The molecule has 0 aliphatic rings. The largest absolute Gasteiger partial charge is 0.379 e. The molecule has 0 aromatic carbocycles. The lowest BCUT2D eigenvalue weighted by atomic mass is 9.91. The molecule has 1 unspecified atom stereocenters. The smallest absolute Gasteiger partial charge is 0.0650 e. The van der Waals surface area contributed by atoms with Crippen LogP contribution in [0.1, 0.15) is 97.8 Å². The summed E-state index contributed by atoms with van der Waals surface area (Å²) in [6, 6.07) is 0. The van der Waals surface area contributed by atoms with Gasteiger partial charge in [0.05, 0.1) is 5.60 Å². The highest BCUT2D eigenvalue weighted by atomic mass is 16.5. The summed E-state index contributed by atoms with van der Waals surface area (Å²) in [4.78, 5) is 0. The van der Waals surface area contributed by atoms with E-state index in [2.05, 4.69) is 20.8 Å². The van der Waals surface area contributed by atoms with E-state index in [0.717, 1.165) is 0 Å². The number of rotatable bonds is 13. The molecular weight excluding hydrogens is 220 g/mol. The molecular formula is C17H36O. The van der Waals surface area contributed by atoms with Gasteiger partial charge in [0.25, 0.3) is 0 Å². The van der Waals surface area contributed by atoms with E-state index in [4.69, 9.17) is 4.74 Å². The van der Waals surface area contributed by atoms with Gasteiger partial charge in [-0.15, -0.1) is 0 Å². The highest BCUT2D eigenvalue weighted by Gasteiger charge is 2.21. The van der Waals surface area contributed by atoms with Gasteiger partial charge in [-0.1, -0.05) is 78.1 Å². The fourth-order valence-corrected chi connectivity index (χ4v) is 2.53. The SMILES string of the molecule is CCCCCCCCCC(C)(CCCCC)OC. The van der Waals surface area contributed by atoms with E-state index in [9.17, 15) is 0 Å².